The lowest BCUT2D eigenvalue weighted by Gasteiger charge is -2.31. The van der Waals surface area contributed by atoms with Gasteiger partial charge < -0.3 is 15.0 Å². The summed E-state index contributed by atoms with van der Waals surface area (Å²) in [6.45, 7) is 8.63. The lowest BCUT2D eigenvalue weighted by Crippen LogP contribution is -3.15. The van der Waals surface area contributed by atoms with Crippen molar-refractivity contribution < 1.29 is 24.0 Å². The number of piperazine rings is 1. The third kappa shape index (κ3) is 5.73. The lowest BCUT2D eigenvalue weighted by atomic mass is 10.1. The van der Waals surface area contributed by atoms with Crippen molar-refractivity contribution in [3.63, 3.8) is 0 Å². The van der Waals surface area contributed by atoms with Gasteiger partial charge in [0.25, 0.3) is 5.91 Å². The molecule has 4 amide bonds. The Bertz CT molecular complexity index is 669. The number of carbonyl (C=O) groups excluding carboxylic acids is 3. The summed E-state index contributed by atoms with van der Waals surface area (Å²) < 4.78 is 4.97. The fourth-order valence-electron chi connectivity index (χ4n) is 2.78. The van der Waals surface area contributed by atoms with Crippen LogP contribution in [0.3, 0.4) is 0 Å². The number of imide groups is 1. The van der Waals surface area contributed by atoms with Gasteiger partial charge in [-0.3, -0.25) is 15.0 Å². The van der Waals surface area contributed by atoms with Crippen LogP contribution in [0, 0.1) is 13.8 Å². The first-order valence-electron chi connectivity index (χ1n) is 8.82. The van der Waals surface area contributed by atoms with Crippen LogP contribution in [0.25, 0.3) is 0 Å². The van der Waals surface area contributed by atoms with Crippen LogP contribution in [0.4, 0.5) is 15.3 Å². The van der Waals surface area contributed by atoms with E-state index in [4.69, 9.17) is 4.74 Å². The molecule has 0 bridgehead atoms. The Hall–Kier alpha value is -2.61. The van der Waals surface area contributed by atoms with Crippen molar-refractivity contribution in [1.82, 2.24) is 10.2 Å². The van der Waals surface area contributed by atoms with Gasteiger partial charge >= 0.3 is 12.1 Å². The van der Waals surface area contributed by atoms with E-state index in [0.717, 1.165) is 16.0 Å². The molecule has 1 aliphatic heterocycles. The molecule has 8 nitrogen and oxygen atoms in total. The molecule has 2 rings (SSSR count). The molecule has 8 heteroatoms. The van der Waals surface area contributed by atoms with Gasteiger partial charge in [0.05, 0.1) is 32.8 Å². The molecule has 1 aliphatic rings. The smallest absolute Gasteiger partial charge is 0.410 e. The first kappa shape index (κ1) is 19.7. The molecule has 0 radical (unpaired) electrons. The predicted molar refractivity (Wildman–Crippen MR) is 97.2 cm³/mol. The Kier molecular flexibility index (Phi) is 6.97. The average molecular weight is 363 g/mol. The van der Waals surface area contributed by atoms with E-state index in [1.54, 1.807) is 17.9 Å². The minimum Gasteiger partial charge on any atom is -0.450 e. The van der Waals surface area contributed by atoms with Gasteiger partial charge in [-0.05, 0) is 44.0 Å². The number of quaternary nitrogens is 1. The van der Waals surface area contributed by atoms with Crippen molar-refractivity contribution in [1.29, 1.82) is 0 Å². The Labute approximate surface area is 153 Å². The summed E-state index contributed by atoms with van der Waals surface area (Å²) in [5, 5.41) is 5.01. The Morgan fingerprint density at radius 1 is 1.15 bits per heavy atom. The number of ether oxygens (including phenoxy) is 1. The molecule has 1 aromatic rings. The first-order chi connectivity index (χ1) is 12.4. The summed E-state index contributed by atoms with van der Waals surface area (Å²) in [4.78, 5) is 38.3. The highest BCUT2D eigenvalue weighted by atomic mass is 16.6. The van der Waals surface area contributed by atoms with Crippen LogP contribution >= 0.6 is 0 Å². The minimum absolute atomic E-state index is 0.191. The number of nitrogens with one attached hydrogen (secondary N) is 3. The van der Waals surface area contributed by atoms with E-state index in [0.29, 0.717) is 38.5 Å². The van der Waals surface area contributed by atoms with Crippen LogP contribution < -0.4 is 15.5 Å². The third-order valence-corrected chi connectivity index (χ3v) is 4.42. The molecule has 0 saturated carbocycles. The van der Waals surface area contributed by atoms with Crippen molar-refractivity contribution in [3.8, 4) is 0 Å². The second kappa shape index (κ2) is 9.19. The van der Waals surface area contributed by atoms with E-state index < -0.39 is 6.03 Å². The summed E-state index contributed by atoms with van der Waals surface area (Å²) in [6, 6.07) is 5.04. The summed E-state index contributed by atoms with van der Waals surface area (Å²) >= 11 is 0. The number of hydrogen-bond donors (Lipinski definition) is 3. The van der Waals surface area contributed by atoms with E-state index in [1.807, 2.05) is 26.0 Å². The fraction of sp³-hybridized carbons (Fsp3) is 0.500. The van der Waals surface area contributed by atoms with Gasteiger partial charge in [0, 0.05) is 5.69 Å². The van der Waals surface area contributed by atoms with Crippen LogP contribution in [-0.4, -0.2) is 62.3 Å². The van der Waals surface area contributed by atoms with Crippen LogP contribution in [0.5, 0.6) is 0 Å². The Morgan fingerprint density at radius 3 is 2.46 bits per heavy atom. The molecule has 1 heterocycles. The molecule has 0 aliphatic carbocycles. The van der Waals surface area contributed by atoms with Crippen LogP contribution in [0.2, 0.25) is 0 Å². The first-order valence-corrected chi connectivity index (χ1v) is 8.82. The minimum atomic E-state index is -0.539. The topological polar surface area (TPSA) is 92.2 Å². The molecule has 1 aromatic carbocycles. The summed E-state index contributed by atoms with van der Waals surface area (Å²) in [5.74, 6) is -0.342. The number of amides is 4. The number of rotatable bonds is 4. The van der Waals surface area contributed by atoms with Gasteiger partial charge in [0.15, 0.2) is 6.54 Å². The van der Waals surface area contributed by atoms with Crippen LogP contribution in [0.15, 0.2) is 18.2 Å². The molecule has 0 spiro atoms. The quantitative estimate of drug-likeness (QED) is 0.718. The van der Waals surface area contributed by atoms with E-state index >= 15 is 0 Å². The zero-order valence-corrected chi connectivity index (χ0v) is 15.6. The van der Waals surface area contributed by atoms with Crippen LogP contribution in [-0.2, 0) is 9.53 Å². The molecule has 26 heavy (non-hydrogen) atoms. The fourth-order valence-corrected chi connectivity index (χ4v) is 2.78. The Balaban J connectivity index is 1.74. The molecule has 1 fully saturated rings. The number of nitrogens with zero attached hydrogens (tertiary/aromatic N) is 1. The molecular weight excluding hydrogens is 336 g/mol. The summed E-state index contributed by atoms with van der Waals surface area (Å²) in [7, 11) is 0. The zero-order chi connectivity index (χ0) is 19.1. The average Bonchev–Trinajstić information content (AvgIpc) is 2.59. The second-order valence-electron chi connectivity index (χ2n) is 6.41. The number of anilines is 1. The maximum absolute atomic E-state index is 12.1. The predicted octanol–water partition coefficient (Wildman–Crippen LogP) is 0.309. The maximum Gasteiger partial charge on any atom is 0.410 e. The molecule has 0 atom stereocenters. The monoisotopic (exact) mass is 363 g/mol. The summed E-state index contributed by atoms with van der Waals surface area (Å²) in [5.41, 5.74) is 2.85. The molecule has 0 aromatic heterocycles. The highest BCUT2D eigenvalue weighted by Crippen LogP contribution is 2.13. The van der Waals surface area contributed by atoms with Crippen molar-refractivity contribution in [2.75, 3.05) is 44.6 Å². The highest BCUT2D eigenvalue weighted by Gasteiger charge is 2.26. The van der Waals surface area contributed by atoms with Crippen LogP contribution in [0.1, 0.15) is 18.1 Å². The SMILES string of the molecule is CCOC(=O)N1CC[NH+](CC(=O)NC(=O)Nc2ccc(C)c(C)c2)CC1. The standard InChI is InChI=1S/C18H26N4O4/c1-4-26-18(25)22-9-7-21(8-10-22)12-16(23)20-17(24)19-15-6-5-13(2)14(3)11-15/h5-6,11H,4,7-10,12H2,1-3H3,(H2,19,20,23,24)/p+1. The normalized spacial score (nSPS) is 14.7. The van der Waals surface area contributed by atoms with Gasteiger partial charge in [-0.1, -0.05) is 6.07 Å². The van der Waals surface area contributed by atoms with Crippen molar-refractivity contribution in [2.45, 2.75) is 20.8 Å². The number of carbonyl (C=O) groups is 3. The summed E-state index contributed by atoms with van der Waals surface area (Å²) in [6.07, 6.45) is -0.316. The lowest BCUT2D eigenvalue weighted by molar-refractivity contribution is -0.896. The molecule has 0 unspecified atom stereocenters. The van der Waals surface area contributed by atoms with E-state index in [1.165, 1.54) is 0 Å². The number of urea groups is 1. The highest BCUT2D eigenvalue weighted by molar-refractivity contribution is 6.01. The van der Waals surface area contributed by atoms with Gasteiger partial charge in [-0.2, -0.15) is 0 Å². The molecule has 3 N–H and O–H groups in total. The van der Waals surface area contributed by atoms with Gasteiger partial charge in [-0.15, -0.1) is 0 Å². The van der Waals surface area contributed by atoms with Crippen molar-refractivity contribution in [2.24, 2.45) is 0 Å². The van der Waals surface area contributed by atoms with Crippen molar-refractivity contribution >= 4 is 23.7 Å². The third-order valence-electron chi connectivity index (χ3n) is 4.42. The van der Waals surface area contributed by atoms with E-state index in [9.17, 15) is 14.4 Å². The molecule has 1 saturated heterocycles. The van der Waals surface area contributed by atoms with Gasteiger partial charge in [-0.25, -0.2) is 9.59 Å². The number of hydrogen-bond acceptors (Lipinski definition) is 4. The molecule has 142 valence electrons. The Morgan fingerprint density at radius 2 is 1.85 bits per heavy atom. The molecular formula is C18H27N4O4+. The van der Waals surface area contributed by atoms with E-state index in [2.05, 4.69) is 10.6 Å². The van der Waals surface area contributed by atoms with Gasteiger partial charge in [0.2, 0.25) is 0 Å². The maximum atomic E-state index is 12.1. The number of benzene rings is 1. The second-order valence-corrected chi connectivity index (χ2v) is 6.41. The largest absolute Gasteiger partial charge is 0.450 e. The number of aryl methyl sites for hydroxylation is 2. The van der Waals surface area contributed by atoms with Crippen molar-refractivity contribution in [3.05, 3.63) is 29.3 Å². The van der Waals surface area contributed by atoms with E-state index in [-0.39, 0.29) is 18.5 Å². The van der Waals surface area contributed by atoms with Gasteiger partial charge in [0.1, 0.15) is 0 Å². The zero-order valence-electron chi connectivity index (χ0n) is 15.6.